The highest BCUT2D eigenvalue weighted by Crippen LogP contribution is 2.45. The van der Waals surface area contributed by atoms with Crippen molar-refractivity contribution in [3.8, 4) is 16.9 Å². The van der Waals surface area contributed by atoms with Gasteiger partial charge in [-0.05, 0) is 53.8 Å². The molecule has 39 heavy (non-hydrogen) atoms. The fraction of sp³-hybridized carbons (Fsp3) is 0.323. The molecular weight excluding hydrogens is 509 g/mol. The van der Waals surface area contributed by atoms with Crippen molar-refractivity contribution in [3.05, 3.63) is 102 Å². The number of halogens is 3. The summed E-state index contributed by atoms with van der Waals surface area (Å²) in [4.78, 5) is 13.0. The molecule has 0 amide bonds. The normalized spacial score (nSPS) is 24.6. The molecule has 0 aromatic heterocycles. The van der Waals surface area contributed by atoms with Crippen molar-refractivity contribution < 1.29 is 37.3 Å². The van der Waals surface area contributed by atoms with Gasteiger partial charge in [0.25, 0.3) is 0 Å². The SMILES string of the molecule is O=C(O[C@@H]1C[C@@H]2O[C@@H](O)C[C@@H]2C1/C=C/CCOc1cccc(C(F)(F)F)c1)c1ccc(-c2ccccc2)cc1. The van der Waals surface area contributed by atoms with E-state index < -0.39 is 30.1 Å². The number of alkyl halides is 3. The molecule has 1 unspecified atom stereocenters. The second-order valence-corrected chi connectivity index (χ2v) is 9.82. The molecule has 2 fully saturated rings. The third kappa shape index (κ3) is 6.52. The molecular formula is C31H29F3O5. The second-order valence-electron chi connectivity index (χ2n) is 9.82. The van der Waals surface area contributed by atoms with Crippen molar-refractivity contribution in [2.75, 3.05) is 6.61 Å². The first-order valence-corrected chi connectivity index (χ1v) is 12.9. The van der Waals surface area contributed by atoms with Gasteiger partial charge in [0.1, 0.15) is 11.9 Å². The lowest BCUT2D eigenvalue weighted by molar-refractivity contribution is -0.137. The van der Waals surface area contributed by atoms with E-state index in [4.69, 9.17) is 14.2 Å². The van der Waals surface area contributed by atoms with Crippen LogP contribution in [0.15, 0.2) is 91.0 Å². The molecule has 0 bridgehead atoms. The molecule has 1 saturated carbocycles. The number of fused-ring (bicyclic) bond motifs is 1. The largest absolute Gasteiger partial charge is 0.493 e. The van der Waals surface area contributed by atoms with Crippen LogP contribution in [0, 0.1) is 11.8 Å². The molecule has 3 aromatic rings. The van der Waals surface area contributed by atoms with Gasteiger partial charge in [-0.15, -0.1) is 0 Å². The van der Waals surface area contributed by atoms with Gasteiger partial charge in [-0.2, -0.15) is 13.2 Å². The number of rotatable bonds is 8. The van der Waals surface area contributed by atoms with E-state index in [-0.39, 0.29) is 30.3 Å². The summed E-state index contributed by atoms with van der Waals surface area (Å²) in [5.41, 5.74) is 1.74. The Hall–Kier alpha value is -3.62. The van der Waals surface area contributed by atoms with Crippen LogP contribution in [0.4, 0.5) is 13.2 Å². The maximum atomic E-state index is 13.0. The Morgan fingerprint density at radius 1 is 0.974 bits per heavy atom. The minimum atomic E-state index is -4.43. The van der Waals surface area contributed by atoms with Crippen LogP contribution in [0.2, 0.25) is 0 Å². The minimum absolute atomic E-state index is 0.00103. The van der Waals surface area contributed by atoms with E-state index in [2.05, 4.69) is 0 Å². The molecule has 1 heterocycles. The predicted molar refractivity (Wildman–Crippen MR) is 139 cm³/mol. The molecule has 1 saturated heterocycles. The quantitative estimate of drug-likeness (QED) is 0.197. The van der Waals surface area contributed by atoms with Gasteiger partial charge in [0.15, 0.2) is 6.29 Å². The fourth-order valence-corrected chi connectivity index (χ4v) is 5.33. The third-order valence-electron chi connectivity index (χ3n) is 7.23. The van der Waals surface area contributed by atoms with Crippen molar-refractivity contribution in [3.63, 3.8) is 0 Å². The molecule has 0 spiro atoms. The highest BCUT2D eigenvalue weighted by molar-refractivity contribution is 5.90. The first-order valence-electron chi connectivity index (χ1n) is 12.9. The summed E-state index contributed by atoms with van der Waals surface area (Å²) in [5.74, 6) is -0.435. The van der Waals surface area contributed by atoms with Crippen molar-refractivity contribution in [1.82, 2.24) is 0 Å². The van der Waals surface area contributed by atoms with Gasteiger partial charge < -0.3 is 19.3 Å². The Morgan fingerprint density at radius 3 is 2.46 bits per heavy atom. The Labute approximate surface area is 224 Å². The molecule has 3 aromatic carbocycles. The smallest absolute Gasteiger partial charge is 0.416 e. The minimum Gasteiger partial charge on any atom is -0.493 e. The summed E-state index contributed by atoms with van der Waals surface area (Å²) in [6, 6.07) is 21.9. The Morgan fingerprint density at radius 2 is 1.72 bits per heavy atom. The first-order chi connectivity index (χ1) is 18.8. The molecule has 1 N–H and O–H groups in total. The lowest BCUT2D eigenvalue weighted by atomic mass is 9.91. The van der Waals surface area contributed by atoms with Crippen LogP contribution in [0.3, 0.4) is 0 Å². The summed E-state index contributed by atoms with van der Waals surface area (Å²) in [7, 11) is 0. The summed E-state index contributed by atoms with van der Waals surface area (Å²) in [5, 5.41) is 9.98. The highest BCUT2D eigenvalue weighted by atomic mass is 19.4. The van der Waals surface area contributed by atoms with Crippen LogP contribution in [-0.2, 0) is 15.7 Å². The van der Waals surface area contributed by atoms with Crippen LogP contribution in [0.1, 0.15) is 35.2 Å². The molecule has 5 rings (SSSR count). The summed E-state index contributed by atoms with van der Waals surface area (Å²) in [6.45, 7) is 0.190. The van der Waals surface area contributed by atoms with Gasteiger partial charge in [-0.3, -0.25) is 0 Å². The molecule has 1 aliphatic heterocycles. The Balaban J connectivity index is 1.20. The van der Waals surface area contributed by atoms with Crippen molar-refractivity contribution >= 4 is 5.97 Å². The summed E-state index contributed by atoms with van der Waals surface area (Å²) in [6.07, 6.45) is -0.715. The topological polar surface area (TPSA) is 65.0 Å². The standard InChI is InChI=1S/C31H29F3O5/c32-31(33,34)23-9-6-10-24(17-23)37-16-5-4-11-25-26-18-29(35)38-28(26)19-27(25)39-30(36)22-14-12-21(13-15-22)20-7-2-1-3-8-20/h1-4,6-15,17,25-29,35H,5,16,18-19H2/b11-4+/t25?,26-,27-,28+,29-/m1/s1. The van der Waals surface area contributed by atoms with E-state index in [9.17, 15) is 23.1 Å². The number of benzene rings is 3. The Kier molecular flexibility index (Phi) is 8.04. The number of hydrogen-bond acceptors (Lipinski definition) is 5. The third-order valence-corrected chi connectivity index (χ3v) is 7.23. The van der Waals surface area contributed by atoms with Crippen molar-refractivity contribution in [1.29, 1.82) is 0 Å². The lowest BCUT2D eigenvalue weighted by Gasteiger charge is -2.21. The van der Waals surface area contributed by atoms with E-state index >= 15 is 0 Å². The average molecular weight is 539 g/mol. The molecule has 5 nitrogen and oxygen atoms in total. The fourth-order valence-electron chi connectivity index (χ4n) is 5.33. The monoisotopic (exact) mass is 538 g/mol. The van der Waals surface area contributed by atoms with E-state index in [0.29, 0.717) is 24.8 Å². The van der Waals surface area contributed by atoms with Crippen LogP contribution in [-0.4, -0.2) is 36.2 Å². The maximum Gasteiger partial charge on any atom is 0.416 e. The number of esters is 1. The van der Waals surface area contributed by atoms with Gasteiger partial charge in [-0.25, -0.2) is 4.79 Å². The van der Waals surface area contributed by atoms with E-state index in [1.54, 1.807) is 12.1 Å². The van der Waals surface area contributed by atoms with E-state index in [1.807, 2.05) is 54.6 Å². The number of carbonyl (C=O) groups is 1. The van der Waals surface area contributed by atoms with Gasteiger partial charge in [-0.1, -0.05) is 60.7 Å². The van der Waals surface area contributed by atoms with E-state index in [1.165, 1.54) is 12.1 Å². The van der Waals surface area contributed by atoms with Crippen LogP contribution >= 0.6 is 0 Å². The molecule has 204 valence electrons. The molecule has 0 radical (unpaired) electrons. The van der Waals surface area contributed by atoms with Gasteiger partial charge in [0.05, 0.1) is 23.8 Å². The van der Waals surface area contributed by atoms with Crippen molar-refractivity contribution in [2.24, 2.45) is 11.8 Å². The van der Waals surface area contributed by atoms with Gasteiger partial charge >= 0.3 is 12.1 Å². The van der Waals surface area contributed by atoms with Crippen molar-refractivity contribution in [2.45, 2.75) is 43.9 Å². The zero-order valence-electron chi connectivity index (χ0n) is 21.1. The zero-order valence-corrected chi connectivity index (χ0v) is 21.1. The molecule has 1 aliphatic carbocycles. The van der Waals surface area contributed by atoms with Gasteiger partial charge in [0.2, 0.25) is 0 Å². The summed E-state index contributed by atoms with van der Waals surface area (Å²) < 4.78 is 55.8. The molecule has 5 atom stereocenters. The lowest BCUT2D eigenvalue weighted by Crippen LogP contribution is -2.25. The number of ether oxygens (including phenoxy) is 3. The number of hydrogen-bond donors (Lipinski definition) is 1. The average Bonchev–Trinajstić information content (AvgIpc) is 3.44. The number of aliphatic hydroxyl groups is 1. The molecule has 8 heteroatoms. The maximum absolute atomic E-state index is 13.0. The van der Waals surface area contributed by atoms with Gasteiger partial charge in [0, 0.05) is 18.8 Å². The zero-order chi connectivity index (χ0) is 27.4. The Bertz CT molecular complexity index is 1290. The predicted octanol–water partition coefficient (Wildman–Crippen LogP) is 6.67. The van der Waals surface area contributed by atoms with Crippen LogP contribution in [0.25, 0.3) is 11.1 Å². The first kappa shape index (κ1) is 27.0. The number of aliphatic hydroxyl groups excluding tert-OH is 1. The summed E-state index contributed by atoms with van der Waals surface area (Å²) >= 11 is 0. The highest BCUT2D eigenvalue weighted by Gasteiger charge is 2.49. The van der Waals surface area contributed by atoms with E-state index in [0.717, 1.165) is 23.3 Å². The number of carbonyl (C=O) groups excluding carboxylic acids is 1. The molecule has 2 aliphatic rings. The second kappa shape index (κ2) is 11.6. The van der Waals surface area contributed by atoms with Crippen LogP contribution in [0.5, 0.6) is 5.75 Å². The van der Waals surface area contributed by atoms with Crippen LogP contribution < -0.4 is 4.74 Å².